The van der Waals surface area contributed by atoms with Gasteiger partial charge in [0.1, 0.15) is 40.5 Å². The summed E-state index contributed by atoms with van der Waals surface area (Å²) in [7, 11) is 0. The highest BCUT2D eigenvalue weighted by atomic mass is 32.1. The fourth-order valence-corrected chi connectivity index (χ4v) is 8.85. The van der Waals surface area contributed by atoms with Gasteiger partial charge in [0.05, 0.1) is 0 Å². The van der Waals surface area contributed by atoms with Gasteiger partial charge in [0.25, 0.3) is 0 Å². The van der Waals surface area contributed by atoms with Crippen LogP contribution in [0.3, 0.4) is 0 Å². The van der Waals surface area contributed by atoms with Crippen LogP contribution in [0, 0.1) is 0 Å². The van der Waals surface area contributed by atoms with Gasteiger partial charge in [-0.2, -0.15) is 0 Å². The minimum atomic E-state index is -0.304. The summed E-state index contributed by atoms with van der Waals surface area (Å²) in [6.45, 7) is 0. The van der Waals surface area contributed by atoms with E-state index in [9.17, 15) is 0 Å². The Hall–Kier alpha value is -6.21. The molecule has 11 rings (SSSR count). The van der Waals surface area contributed by atoms with Crippen LogP contribution in [0.25, 0.3) is 75.2 Å². The zero-order valence-electron chi connectivity index (χ0n) is 27.3. The number of para-hydroxylation sites is 2. The molecule has 0 aliphatic carbocycles. The van der Waals surface area contributed by atoms with E-state index in [0.29, 0.717) is 0 Å². The van der Waals surface area contributed by atoms with Gasteiger partial charge in [0.15, 0.2) is 0 Å². The highest BCUT2D eigenvalue weighted by molar-refractivity contribution is 7.25. The van der Waals surface area contributed by atoms with Crippen LogP contribution in [0.1, 0.15) is 29.0 Å². The van der Waals surface area contributed by atoms with Gasteiger partial charge in [-0.05, 0) is 65.2 Å². The molecule has 3 aromatic heterocycles. The van der Waals surface area contributed by atoms with E-state index in [2.05, 4.69) is 144 Å². The van der Waals surface area contributed by atoms with Crippen LogP contribution in [0.2, 0.25) is 0 Å². The van der Waals surface area contributed by atoms with Crippen molar-refractivity contribution in [2.45, 2.75) is 12.3 Å². The smallest absolute Gasteiger partial charge is 0.143 e. The summed E-state index contributed by atoms with van der Waals surface area (Å²) >= 11 is 1.83. The molecule has 10 aromatic rings. The number of nitrogens with one attached hydrogen (secondary N) is 2. The van der Waals surface area contributed by atoms with Gasteiger partial charge in [0.2, 0.25) is 0 Å². The molecule has 0 radical (unpaired) electrons. The Labute approximate surface area is 296 Å². The maximum atomic E-state index is 6.48. The molecule has 1 aliphatic rings. The molecule has 2 N–H and O–H groups in total. The number of hydrogen-bond acceptors (Lipinski definition) is 6. The number of amidine groups is 1. The van der Waals surface area contributed by atoms with Crippen LogP contribution < -0.4 is 10.6 Å². The van der Waals surface area contributed by atoms with Crippen molar-refractivity contribution in [3.63, 3.8) is 0 Å². The van der Waals surface area contributed by atoms with Crippen LogP contribution in [0.15, 0.2) is 165 Å². The number of hydrogen-bond donors (Lipinski definition) is 2. The van der Waals surface area contributed by atoms with Gasteiger partial charge in [-0.25, -0.2) is 4.99 Å². The second-order valence-electron chi connectivity index (χ2n) is 13.2. The third-order valence-electron chi connectivity index (χ3n) is 10.2. The van der Waals surface area contributed by atoms with E-state index in [0.717, 1.165) is 77.5 Å². The summed E-state index contributed by atoms with van der Waals surface area (Å²) in [5.41, 5.74) is 8.84. The minimum absolute atomic E-state index is 0.142. The maximum absolute atomic E-state index is 6.48. The second-order valence-corrected chi connectivity index (χ2v) is 14.2. The first-order chi connectivity index (χ1) is 25.2. The summed E-state index contributed by atoms with van der Waals surface area (Å²) in [5.74, 6) is 0.860. The molecule has 0 bridgehead atoms. The standard InChI is InChI=1S/C45H29N3O2S/c1-2-10-26(11-3-1)43-46-44(48-45(47-43)28-21-23-40-34(24-28)30-13-5-7-19-39(30)51-40)27-20-22-37-35(25-27)41-31(14-9-18-38(41)49-37)33-16-8-15-32-29-12-4-6-17-36(29)50-42(32)33/h1-25,43-44,46H,(H,47,48). The van der Waals surface area contributed by atoms with Crippen LogP contribution in [-0.2, 0) is 0 Å². The van der Waals surface area contributed by atoms with Crippen LogP contribution >= 0.6 is 11.3 Å². The largest absolute Gasteiger partial charge is 0.456 e. The van der Waals surface area contributed by atoms with Crippen molar-refractivity contribution in [3.05, 3.63) is 168 Å². The Bertz CT molecular complexity index is 3010. The molecular formula is C45H29N3O2S. The molecule has 0 saturated heterocycles. The van der Waals surface area contributed by atoms with E-state index in [1.54, 1.807) is 0 Å². The number of fused-ring (bicyclic) bond motifs is 9. The van der Waals surface area contributed by atoms with Gasteiger partial charge in [-0.15, -0.1) is 11.3 Å². The Morgan fingerprint density at radius 1 is 0.510 bits per heavy atom. The summed E-state index contributed by atoms with van der Waals surface area (Å²) in [6, 6.07) is 53.2. The molecule has 1 aliphatic heterocycles. The van der Waals surface area contributed by atoms with Crippen molar-refractivity contribution >= 4 is 81.2 Å². The molecule has 0 saturated carbocycles. The molecule has 2 atom stereocenters. The lowest BCUT2D eigenvalue weighted by Crippen LogP contribution is -2.44. The normalized spacial score (nSPS) is 16.4. The van der Waals surface area contributed by atoms with Gasteiger partial charge in [-0.3, -0.25) is 5.32 Å². The molecule has 0 amide bonds. The van der Waals surface area contributed by atoms with Gasteiger partial charge < -0.3 is 14.2 Å². The van der Waals surface area contributed by atoms with Crippen molar-refractivity contribution in [2.75, 3.05) is 0 Å². The Morgan fingerprint density at radius 3 is 2.20 bits per heavy atom. The van der Waals surface area contributed by atoms with Gasteiger partial charge in [0, 0.05) is 52.8 Å². The predicted octanol–water partition coefficient (Wildman–Crippen LogP) is 11.9. The van der Waals surface area contributed by atoms with Crippen LogP contribution in [0.4, 0.5) is 0 Å². The molecule has 2 unspecified atom stereocenters. The van der Waals surface area contributed by atoms with Crippen LogP contribution in [-0.4, -0.2) is 5.84 Å². The van der Waals surface area contributed by atoms with Crippen molar-refractivity contribution in [3.8, 4) is 11.1 Å². The molecule has 4 heterocycles. The third-order valence-corrected chi connectivity index (χ3v) is 11.3. The highest BCUT2D eigenvalue weighted by Crippen LogP contribution is 2.42. The van der Waals surface area contributed by atoms with Crippen molar-refractivity contribution in [1.82, 2.24) is 10.6 Å². The van der Waals surface area contributed by atoms with E-state index in [1.807, 2.05) is 29.5 Å². The van der Waals surface area contributed by atoms with Crippen molar-refractivity contribution in [2.24, 2.45) is 4.99 Å². The minimum Gasteiger partial charge on any atom is -0.456 e. The van der Waals surface area contributed by atoms with E-state index < -0.39 is 0 Å². The lowest BCUT2D eigenvalue weighted by molar-refractivity contribution is 0.409. The van der Waals surface area contributed by atoms with Gasteiger partial charge >= 0.3 is 0 Å². The second kappa shape index (κ2) is 11.2. The number of thiophene rings is 1. The highest BCUT2D eigenvalue weighted by Gasteiger charge is 2.27. The molecule has 5 nitrogen and oxygen atoms in total. The summed E-state index contributed by atoms with van der Waals surface area (Å²) in [4.78, 5) is 5.34. The first-order valence-electron chi connectivity index (χ1n) is 17.2. The SMILES string of the molecule is c1ccc(C2NC(c3ccc4sc5ccccc5c4c3)=NC(c3ccc4oc5cccc(-c6cccc7c6oc6ccccc67)c5c4c3)N2)cc1. The molecule has 7 aromatic carbocycles. The molecule has 0 spiro atoms. The first-order valence-corrected chi connectivity index (χ1v) is 18.0. The van der Waals surface area contributed by atoms with Crippen molar-refractivity contribution < 1.29 is 8.83 Å². The first kappa shape index (κ1) is 28.6. The quantitative estimate of drug-likeness (QED) is 0.195. The number of furan rings is 2. The molecule has 0 fully saturated rings. The topological polar surface area (TPSA) is 62.7 Å². The molecule has 6 heteroatoms. The lowest BCUT2D eigenvalue weighted by atomic mass is 9.96. The summed E-state index contributed by atoms with van der Waals surface area (Å²) < 4.78 is 15.5. The number of aliphatic imine (C=N–C) groups is 1. The zero-order chi connectivity index (χ0) is 33.5. The van der Waals surface area contributed by atoms with E-state index in [-0.39, 0.29) is 12.3 Å². The Morgan fingerprint density at radius 2 is 1.25 bits per heavy atom. The number of benzene rings is 7. The fourth-order valence-electron chi connectivity index (χ4n) is 7.77. The zero-order valence-corrected chi connectivity index (χ0v) is 28.1. The van der Waals surface area contributed by atoms with E-state index in [4.69, 9.17) is 13.8 Å². The monoisotopic (exact) mass is 675 g/mol. The third kappa shape index (κ3) is 4.54. The van der Waals surface area contributed by atoms with Crippen LogP contribution in [0.5, 0.6) is 0 Å². The van der Waals surface area contributed by atoms with Crippen molar-refractivity contribution in [1.29, 1.82) is 0 Å². The maximum Gasteiger partial charge on any atom is 0.143 e. The molecular weight excluding hydrogens is 647 g/mol. The summed E-state index contributed by atoms with van der Waals surface area (Å²) in [5, 5.41) is 14.4. The predicted molar refractivity (Wildman–Crippen MR) is 210 cm³/mol. The molecule has 242 valence electrons. The van der Waals surface area contributed by atoms with E-state index >= 15 is 0 Å². The Balaban J connectivity index is 1.08. The lowest BCUT2D eigenvalue weighted by Gasteiger charge is -2.32. The number of nitrogens with zero attached hydrogens (tertiary/aromatic N) is 1. The summed E-state index contributed by atoms with van der Waals surface area (Å²) in [6.07, 6.45) is -0.446. The number of rotatable bonds is 4. The average Bonchev–Trinajstić information content (AvgIpc) is 3.89. The van der Waals surface area contributed by atoms with E-state index in [1.165, 1.54) is 20.2 Å². The fraction of sp³-hybridized carbons (Fsp3) is 0.0444. The molecule has 51 heavy (non-hydrogen) atoms. The average molecular weight is 676 g/mol. The Kier molecular flexibility index (Phi) is 6.26. The van der Waals surface area contributed by atoms with Gasteiger partial charge in [-0.1, -0.05) is 103 Å².